The summed E-state index contributed by atoms with van der Waals surface area (Å²) in [5.41, 5.74) is -0.586. The molecular formula is C10H16N2O4S. The molecule has 1 aliphatic heterocycles. The first-order chi connectivity index (χ1) is 7.71. The zero-order chi connectivity index (χ0) is 13.2. The molecule has 96 valence electrons. The van der Waals surface area contributed by atoms with Gasteiger partial charge in [0.2, 0.25) is 5.91 Å². The van der Waals surface area contributed by atoms with Gasteiger partial charge in [-0.25, -0.2) is 4.79 Å². The largest absolute Gasteiger partial charge is 0.480 e. The number of carboxylic acid groups (broad SMARTS) is 1. The van der Waals surface area contributed by atoms with Gasteiger partial charge < -0.3 is 15.7 Å². The molecule has 7 heteroatoms. The quantitative estimate of drug-likeness (QED) is 0.684. The van der Waals surface area contributed by atoms with E-state index in [4.69, 9.17) is 5.11 Å². The molecule has 1 saturated heterocycles. The van der Waals surface area contributed by atoms with Crippen molar-refractivity contribution in [2.45, 2.75) is 32.9 Å². The Hall–Kier alpha value is -1.24. The van der Waals surface area contributed by atoms with Gasteiger partial charge >= 0.3 is 5.97 Å². The average molecular weight is 260 g/mol. The highest BCUT2D eigenvalue weighted by Crippen LogP contribution is 2.20. The Morgan fingerprint density at radius 3 is 2.47 bits per heavy atom. The van der Waals surface area contributed by atoms with Gasteiger partial charge in [0.05, 0.1) is 0 Å². The molecule has 3 N–H and O–H groups in total. The highest BCUT2D eigenvalue weighted by atomic mass is 32.2. The Morgan fingerprint density at radius 1 is 1.53 bits per heavy atom. The molecule has 17 heavy (non-hydrogen) atoms. The number of hydrogen-bond acceptors (Lipinski definition) is 4. The maximum absolute atomic E-state index is 11.7. The van der Waals surface area contributed by atoms with Crippen LogP contribution in [0, 0.1) is 5.41 Å². The lowest BCUT2D eigenvalue weighted by Gasteiger charge is -2.28. The fraction of sp³-hybridized carbons (Fsp3) is 0.700. The van der Waals surface area contributed by atoms with Crippen LogP contribution in [0.15, 0.2) is 0 Å². The molecule has 2 atom stereocenters. The maximum atomic E-state index is 11.7. The second-order valence-electron chi connectivity index (χ2n) is 4.94. The summed E-state index contributed by atoms with van der Waals surface area (Å²) in [5, 5.41) is 13.7. The standard InChI is InChI=1S/C10H16N2O4S/c1-10(2,3)6(8(14)15)12-7(13)5-4-17-9(16)11-5/h5-6H,4H2,1-3H3,(H,11,16)(H,12,13)(H,14,15)/t5?,6-/m0/s1. The molecule has 0 bridgehead atoms. The number of aliphatic carboxylic acids is 1. The molecule has 0 radical (unpaired) electrons. The predicted octanol–water partition coefficient (Wildman–Crippen LogP) is 0.427. The average Bonchev–Trinajstić information content (AvgIpc) is 2.58. The van der Waals surface area contributed by atoms with Crippen molar-refractivity contribution < 1.29 is 19.5 Å². The molecule has 1 aliphatic rings. The van der Waals surface area contributed by atoms with Crippen LogP contribution in [0.5, 0.6) is 0 Å². The smallest absolute Gasteiger partial charge is 0.326 e. The van der Waals surface area contributed by atoms with E-state index in [1.807, 2.05) is 0 Å². The van der Waals surface area contributed by atoms with Gasteiger partial charge in [0, 0.05) is 5.75 Å². The first kappa shape index (κ1) is 13.8. The predicted molar refractivity (Wildman–Crippen MR) is 63.8 cm³/mol. The topological polar surface area (TPSA) is 95.5 Å². The molecule has 1 unspecified atom stereocenters. The molecule has 0 aliphatic carbocycles. The third-order valence-electron chi connectivity index (χ3n) is 2.39. The third-order valence-corrected chi connectivity index (χ3v) is 3.27. The van der Waals surface area contributed by atoms with Gasteiger partial charge in [-0.2, -0.15) is 0 Å². The monoisotopic (exact) mass is 260 g/mol. The summed E-state index contributed by atoms with van der Waals surface area (Å²) in [7, 11) is 0. The van der Waals surface area contributed by atoms with Gasteiger partial charge in [0.1, 0.15) is 12.1 Å². The van der Waals surface area contributed by atoms with Crippen LogP contribution < -0.4 is 10.6 Å². The van der Waals surface area contributed by atoms with E-state index in [1.54, 1.807) is 20.8 Å². The van der Waals surface area contributed by atoms with Gasteiger partial charge in [-0.3, -0.25) is 9.59 Å². The van der Waals surface area contributed by atoms with E-state index in [1.165, 1.54) is 0 Å². The highest BCUT2D eigenvalue weighted by Gasteiger charge is 2.36. The third kappa shape index (κ3) is 3.62. The minimum Gasteiger partial charge on any atom is -0.480 e. The van der Waals surface area contributed by atoms with Crippen LogP contribution in [0.1, 0.15) is 20.8 Å². The van der Waals surface area contributed by atoms with Crippen LogP contribution in [-0.2, 0) is 9.59 Å². The van der Waals surface area contributed by atoms with Gasteiger partial charge in [-0.05, 0) is 5.41 Å². The lowest BCUT2D eigenvalue weighted by Crippen LogP contribution is -2.54. The Labute approximate surface area is 104 Å². The first-order valence-corrected chi connectivity index (χ1v) is 6.17. The molecule has 1 rings (SSSR count). The van der Waals surface area contributed by atoms with Crippen molar-refractivity contribution in [1.82, 2.24) is 10.6 Å². The molecule has 6 nitrogen and oxygen atoms in total. The number of amides is 2. The van der Waals surface area contributed by atoms with Crippen LogP contribution in [-0.4, -0.2) is 40.1 Å². The van der Waals surface area contributed by atoms with Crippen molar-refractivity contribution in [2.75, 3.05) is 5.75 Å². The fourth-order valence-electron chi connectivity index (χ4n) is 1.42. The summed E-state index contributed by atoms with van der Waals surface area (Å²) < 4.78 is 0. The molecule has 0 aromatic heterocycles. The lowest BCUT2D eigenvalue weighted by molar-refractivity contribution is -0.145. The molecule has 0 aromatic rings. The number of carboxylic acids is 1. The second-order valence-corrected chi connectivity index (χ2v) is 5.93. The molecule has 2 amide bonds. The summed E-state index contributed by atoms with van der Waals surface area (Å²) in [5.74, 6) is -1.20. The van der Waals surface area contributed by atoms with E-state index >= 15 is 0 Å². The number of carbonyl (C=O) groups is 3. The molecule has 1 heterocycles. The lowest BCUT2D eigenvalue weighted by atomic mass is 9.86. The summed E-state index contributed by atoms with van der Waals surface area (Å²) in [4.78, 5) is 33.7. The summed E-state index contributed by atoms with van der Waals surface area (Å²) in [6.07, 6.45) is 0. The van der Waals surface area contributed by atoms with Gasteiger partial charge in [0.25, 0.3) is 5.24 Å². The zero-order valence-electron chi connectivity index (χ0n) is 9.94. The van der Waals surface area contributed by atoms with Crippen molar-refractivity contribution in [1.29, 1.82) is 0 Å². The maximum Gasteiger partial charge on any atom is 0.326 e. The van der Waals surface area contributed by atoms with Crippen molar-refractivity contribution in [3.63, 3.8) is 0 Å². The SMILES string of the molecule is CC(C)(C)[C@@H](NC(=O)C1CSC(=O)N1)C(=O)O. The molecule has 0 aromatic carbocycles. The van der Waals surface area contributed by atoms with Crippen LogP contribution in [0.2, 0.25) is 0 Å². The Kier molecular flexibility index (Phi) is 4.03. The summed E-state index contributed by atoms with van der Waals surface area (Å²) >= 11 is 1.02. The molecular weight excluding hydrogens is 244 g/mol. The van der Waals surface area contributed by atoms with E-state index in [2.05, 4.69) is 10.6 Å². The van der Waals surface area contributed by atoms with Crippen molar-refractivity contribution in [3.05, 3.63) is 0 Å². The van der Waals surface area contributed by atoms with E-state index in [0.29, 0.717) is 5.75 Å². The number of hydrogen-bond donors (Lipinski definition) is 3. The first-order valence-electron chi connectivity index (χ1n) is 5.18. The Morgan fingerprint density at radius 2 is 2.12 bits per heavy atom. The highest BCUT2D eigenvalue weighted by molar-refractivity contribution is 8.14. The van der Waals surface area contributed by atoms with E-state index < -0.39 is 29.4 Å². The fourth-order valence-corrected chi connectivity index (χ4v) is 2.20. The minimum atomic E-state index is -1.08. The van der Waals surface area contributed by atoms with E-state index in [0.717, 1.165) is 11.8 Å². The van der Waals surface area contributed by atoms with E-state index in [-0.39, 0.29) is 5.24 Å². The van der Waals surface area contributed by atoms with Crippen LogP contribution >= 0.6 is 11.8 Å². The Bertz CT molecular complexity index is 351. The van der Waals surface area contributed by atoms with Crippen molar-refractivity contribution in [2.24, 2.45) is 5.41 Å². The van der Waals surface area contributed by atoms with Crippen LogP contribution in [0.25, 0.3) is 0 Å². The minimum absolute atomic E-state index is 0.257. The number of thioether (sulfide) groups is 1. The van der Waals surface area contributed by atoms with Crippen molar-refractivity contribution >= 4 is 28.9 Å². The number of nitrogens with one attached hydrogen (secondary N) is 2. The normalized spacial score (nSPS) is 21.8. The van der Waals surface area contributed by atoms with Gasteiger partial charge in [0.15, 0.2) is 0 Å². The molecule has 0 spiro atoms. The summed E-state index contributed by atoms with van der Waals surface area (Å²) in [6.45, 7) is 5.19. The van der Waals surface area contributed by atoms with Gasteiger partial charge in [-0.15, -0.1) is 0 Å². The molecule has 1 fully saturated rings. The molecule has 0 saturated carbocycles. The number of rotatable bonds is 3. The van der Waals surface area contributed by atoms with Gasteiger partial charge in [-0.1, -0.05) is 32.5 Å². The van der Waals surface area contributed by atoms with Crippen LogP contribution in [0.3, 0.4) is 0 Å². The second kappa shape index (κ2) is 4.95. The van der Waals surface area contributed by atoms with Crippen LogP contribution in [0.4, 0.5) is 4.79 Å². The van der Waals surface area contributed by atoms with E-state index in [9.17, 15) is 14.4 Å². The summed E-state index contributed by atoms with van der Waals surface area (Å²) in [6, 6.07) is -1.62. The Balaban J connectivity index is 2.65. The zero-order valence-corrected chi connectivity index (χ0v) is 10.8. The number of carbonyl (C=O) groups excluding carboxylic acids is 2. The van der Waals surface area contributed by atoms with Crippen molar-refractivity contribution in [3.8, 4) is 0 Å².